The van der Waals surface area contributed by atoms with E-state index in [-0.39, 0.29) is 0 Å². The molecule has 3 fully saturated rings. The molecule has 1 nitrogen and oxygen atoms in total. The van der Waals surface area contributed by atoms with Crippen molar-refractivity contribution in [1.82, 2.24) is 0 Å². The van der Waals surface area contributed by atoms with Gasteiger partial charge in [-0.05, 0) is 55.8 Å². The Morgan fingerprint density at radius 2 is 1.61 bits per heavy atom. The van der Waals surface area contributed by atoms with Crippen molar-refractivity contribution in [3.8, 4) is 0 Å². The molecule has 0 aromatic carbocycles. The second-order valence-electron chi connectivity index (χ2n) is 7.52. The summed E-state index contributed by atoms with van der Waals surface area (Å²) in [5, 5.41) is 0. The van der Waals surface area contributed by atoms with E-state index in [2.05, 4.69) is 0 Å². The fourth-order valence-electron chi connectivity index (χ4n) is 5.18. The third-order valence-electron chi connectivity index (χ3n) is 6.10. The minimum atomic E-state index is 0.512. The fourth-order valence-corrected chi connectivity index (χ4v) is 5.18. The summed E-state index contributed by atoms with van der Waals surface area (Å²) in [4.78, 5) is 0. The lowest BCUT2D eigenvalue weighted by molar-refractivity contribution is 0.271. The van der Waals surface area contributed by atoms with Crippen LogP contribution in [0.2, 0.25) is 0 Å². The van der Waals surface area contributed by atoms with Crippen LogP contribution < -0.4 is 5.73 Å². The van der Waals surface area contributed by atoms with Crippen molar-refractivity contribution in [2.75, 3.05) is 0 Å². The van der Waals surface area contributed by atoms with Crippen molar-refractivity contribution in [2.45, 2.75) is 83.1 Å². The van der Waals surface area contributed by atoms with Gasteiger partial charge in [0, 0.05) is 6.04 Å². The normalized spacial score (nSPS) is 38.8. The van der Waals surface area contributed by atoms with Crippen LogP contribution in [0.25, 0.3) is 0 Å². The molecule has 0 amide bonds. The van der Waals surface area contributed by atoms with E-state index in [9.17, 15) is 0 Å². The zero-order valence-electron chi connectivity index (χ0n) is 11.9. The van der Waals surface area contributed by atoms with Crippen LogP contribution in [0.1, 0.15) is 77.0 Å². The maximum absolute atomic E-state index is 6.47. The zero-order chi connectivity index (χ0) is 12.4. The van der Waals surface area contributed by atoms with Gasteiger partial charge in [0.1, 0.15) is 0 Å². The molecular weight excluding hydrogens is 218 g/mol. The molecule has 0 radical (unpaired) electrons. The number of hydrogen-bond donors (Lipinski definition) is 1. The lowest BCUT2D eigenvalue weighted by Gasteiger charge is -2.26. The SMILES string of the molecule is NC(CC1CCCCCC1)CC1CC2CCC1C2. The Hall–Kier alpha value is -0.0400. The molecule has 2 N–H and O–H groups in total. The van der Waals surface area contributed by atoms with E-state index >= 15 is 0 Å². The molecule has 3 aliphatic carbocycles. The Kier molecular flexibility index (Phi) is 4.28. The van der Waals surface area contributed by atoms with Crippen LogP contribution in [0.3, 0.4) is 0 Å². The van der Waals surface area contributed by atoms with Crippen LogP contribution in [0, 0.1) is 23.7 Å². The van der Waals surface area contributed by atoms with E-state index in [0.29, 0.717) is 6.04 Å². The van der Waals surface area contributed by atoms with E-state index in [1.165, 1.54) is 70.6 Å². The lowest BCUT2D eigenvalue weighted by Crippen LogP contribution is -2.28. The summed E-state index contributed by atoms with van der Waals surface area (Å²) in [6, 6.07) is 0.512. The van der Waals surface area contributed by atoms with E-state index in [1.807, 2.05) is 0 Å². The summed E-state index contributed by atoms with van der Waals surface area (Å²) in [5.41, 5.74) is 6.47. The van der Waals surface area contributed by atoms with Gasteiger partial charge in [0.15, 0.2) is 0 Å². The molecule has 18 heavy (non-hydrogen) atoms. The first-order chi connectivity index (χ1) is 8.81. The second kappa shape index (κ2) is 5.94. The van der Waals surface area contributed by atoms with Gasteiger partial charge in [0.2, 0.25) is 0 Å². The van der Waals surface area contributed by atoms with E-state index in [4.69, 9.17) is 5.73 Å². The first-order valence-corrected chi connectivity index (χ1v) is 8.57. The summed E-state index contributed by atoms with van der Waals surface area (Å²) in [7, 11) is 0. The molecule has 4 unspecified atom stereocenters. The van der Waals surface area contributed by atoms with Crippen molar-refractivity contribution in [2.24, 2.45) is 29.4 Å². The van der Waals surface area contributed by atoms with Crippen LogP contribution in [-0.4, -0.2) is 6.04 Å². The summed E-state index contributed by atoms with van der Waals surface area (Å²) in [6.07, 6.45) is 17.6. The molecule has 0 heterocycles. The molecule has 1 heteroatoms. The number of rotatable bonds is 4. The largest absolute Gasteiger partial charge is 0.328 e. The van der Waals surface area contributed by atoms with Gasteiger partial charge in [0.25, 0.3) is 0 Å². The van der Waals surface area contributed by atoms with Gasteiger partial charge in [-0.3, -0.25) is 0 Å². The molecule has 0 aromatic heterocycles. The number of fused-ring (bicyclic) bond motifs is 2. The Bertz CT molecular complexity index is 254. The average Bonchev–Trinajstić information content (AvgIpc) is 2.86. The van der Waals surface area contributed by atoms with Gasteiger partial charge < -0.3 is 5.73 Å². The maximum atomic E-state index is 6.47. The molecule has 3 aliphatic rings. The van der Waals surface area contributed by atoms with Crippen LogP contribution in [0.15, 0.2) is 0 Å². The molecule has 0 aliphatic heterocycles. The van der Waals surface area contributed by atoms with Gasteiger partial charge in [-0.2, -0.15) is 0 Å². The zero-order valence-corrected chi connectivity index (χ0v) is 11.9. The van der Waals surface area contributed by atoms with E-state index in [0.717, 1.165) is 23.7 Å². The monoisotopic (exact) mass is 249 g/mol. The molecular formula is C17H31N. The van der Waals surface area contributed by atoms with Crippen LogP contribution in [-0.2, 0) is 0 Å². The standard InChI is InChI=1S/C17H31N/c18-17(11-13-5-3-1-2-4-6-13)12-16-10-14-7-8-15(16)9-14/h13-17H,1-12,18H2. The quantitative estimate of drug-likeness (QED) is 0.729. The highest BCUT2D eigenvalue weighted by Gasteiger charge is 2.39. The van der Waals surface area contributed by atoms with Crippen LogP contribution >= 0.6 is 0 Å². The van der Waals surface area contributed by atoms with Crippen LogP contribution in [0.4, 0.5) is 0 Å². The Morgan fingerprint density at radius 1 is 0.833 bits per heavy atom. The lowest BCUT2D eigenvalue weighted by atomic mass is 9.81. The molecule has 3 saturated carbocycles. The molecule has 0 saturated heterocycles. The smallest absolute Gasteiger partial charge is 0.00442 e. The van der Waals surface area contributed by atoms with E-state index < -0.39 is 0 Å². The molecule has 2 bridgehead atoms. The topological polar surface area (TPSA) is 26.0 Å². The second-order valence-corrected chi connectivity index (χ2v) is 7.52. The predicted octanol–water partition coefficient (Wildman–Crippen LogP) is 4.50. The van der Waals surface area contributed by atoms with Crippen molar-refractivity contribution in [3.05, 3.63) is 0 Å². The number of hydrogen-bond acceptors (Lipinski definition) is 1. The number of nitrogens with two attached hydrogens (primary N) is 1. The van der Waals surface area contributed by atoms with Crippen molar-refractivity contribution in [1.29, 1.82) is 0 Å². The fraction of sp³-hybridized carbons (Fsp3) is 1.00. The van der Waals surface area contributed by atoms with Crippen molar-refractivity contribution in [3.63, 3.8) is 0 Å². The van der Waals surface area contributed by atoms with Gasteiger partial charge in [-0.1, -0.05) is 44.9 Å². The first-order valence-electron chi connectivity index (χ1n) is 8.57. The molecule has 0 spiro atoms. The summed E-state index contributed by atoms with van der Waals surface area (Å²) in [5.74, 6) is 4.12. The molecule has 0 aromatic rings. The highest BCUT2D eigenvalue weighted by molar-refractivity contribution is 4.91. The average molecular weight is 249 g/mol. The van der Waals surface area contributed by atoms with Gasteiger partial charge >= 0.3 is 0 Å². The minimum Gasteiger partial charge on any atom is -0.328 e. The summed E-state index contributed by atoms with van der Waals surface area (Å²) in [6.45, 7) is 0. The third-order valence-corrected chi connectivity index (χ3v) is 6.10. The van der Waals surface area contributed by atoms with Crippen molar-refractivity contribution >= 4 is 0 Å². The molecule has 4 atom stereocenters. The highest BCUT2D eigenvalue weighted by atomic mass is 14.6. The Morgan fingerprint density at radius 3 is 2.22 bits per heavy atom. The summed E-state index contributed by atoms with van der Waals surface area (Å²) >= 11 is 0. The maximum Gasteiger partial charge on any atom is 0.00442 e. The first kappa shape index (κ1) is 13.0. The summed E-state index contributed by atoms with van der Waals surface area (Å²) < 4.78 is 0. The van der Waals surface area contributed by atoms with Gasteiger partial charge in [-0.25, -0.2) is 0 Å². The van der Waals surface area contributed by atoms with Crippen molar-refractivity contribution < 1.29 is 0 Å². The Labute approximate surface area is 113 Å². The van der Waals surface area contributed by atoms with Crippen LogP contribution in [0.5, 0.6) is 0 Å². The third kappa shape index (κ3) is 3.10. The molecule has 3 rings (SSSR count). The highest BCUT2D eigenvalue weighted by Crippen LogP contribution is 2.50. The van der Waals surface area contributed by atoms with Gasteiger partial charge in [0.05, 0.1) is 0 Å². The minimum absolute atomic E-state index is 0.512. The molecule has 104 valence electrons. The van der Waals surface area contributed by atoms with Gasteiger partial charge in [-0.15, -0.1) is 0 Å². The predicted molar refractivity (Wildman–Crippen MR) is 77.3 cm³/mol. The van der Waals surface area contributed by atoms with E-state index in [1.54, 1.807) is 6.42 Å². The Balaban J connectivity index is 1.42.